The Balaban J connectivity index is 2.83. The molecule has 2 N–H and O–H groups in total. The van der Waals surface area contributed by atoms with Crippen molar-refractivity contribution in [3.8, 4) is 0 Å². The van der Waals surface area contributed by atoms with Crippen LogP contribution in [0.2, 0.25) is 6.55 Å². The van der Waals surface area contributed by atoms with E-state index in [1.54, 1.807) is 0 Å². The van der Waals surface area contributed by atoms with Gasteiger partial charge in [-0.05, 0) is 0 Å². The zero-order chi connectivity index (χ0) is 4.99. The molecule has 0 heterocycles. The molecule has 0 fully saturated rings. The average Bonchev–Trinajstić information content (AvgIpc) is 1.35. The van der Waals surface area contributed by atoms with Gasteiger partial charge in [-0.2, -0.15) is 0 Å². The molecule has 0 aromatic heterocycles. The van der Waals surface area contributed by atoms with Crippen molar-refractivity contribution < 1.29 is 9.90 Å². The summed E-state index contributed by atoms with van der Waals surface area (Å²) in [6.45, 7) is 1.87. The highest BCUT2D eigenvalue weighted by Gasteiger charge is 1.83. The van der Waals surface area contributed by atoms with E-state index in [4.69, 9.17) is 5.11 Å². The lowest BCUT2D eigenvalue weighted by Crippen LogP contribution is -2.22. The minimum absolute atomic E-state index is 0.483. The minimum Gasteiger partial charge on any atom is -0.466 e. The van der Waals surface area contributed by atoms with E-state index in [9.17, 15) is 4.79 Å². The van der Waals surface area contributed by atoms with Gasteiger partial charge in [0.1, 0.15) is 9.68 Å². The number of hydrogen-bond acceptors (Lipinski definition) is 1. The summed E-state index contributed by atoms with van der Waals surface area (Å²) in [4.78, 5) is 11.8. The maximum Gasteiger partial charge on any atom is 0.396 e. The highest BCUT2D eigenvalue weighted by atomic mass is 28.2. The number of carbonyl (C=O) groups is 1. The lowest BCUT2D eigenvalue weighted by molar-refractivity contribution is 0.201. The van der Waals surface area contributed by atoms with Gasteiger partial charge in [0.05, 0.1) is 0 Å². The lowest BCUT2D eigenvalue weighted by atomic mass is 11.3. The molecule has 0 aromatic carbocycles. The zero-order valence-corrected chi connectivity index (χ0v) is 4.98. The summed E-state index contributed by atoms with van der Waals surface area (Å²) < 4.78 is 0. The quantitative estimate of drug-likeness (QED) is 0.437. The van der Waals surface area contributed by atoms with E-state index in [-0.39, 0.29) is 0 Å². The molecule has 4 heteroatoms. The monoisotopic (exact) mass is 105 g/mol. The van der Waals surface area contributed by atoms with Crippen molar-refractivity contribution >= 4 is 15.8 Å². The average molecular weight is 105 g/mol. The molecule has 0 spiro atoms. The highest BCUT2D eigenvalue weighted by molar-refractivity contribution is 6.34. The first-order valence-corrected chi connectivity index (χ1v) is 3.86. The Labute approximate surface area is 38.3 Å². The van der Waals surface area contributed by atoms with E-state index in [1.165, 1.54) is 0 Å². The molecule has 0 saturated heterocycles. The molecule has 3 nitrogen and oxygen atoms in total. The van der Waals surface area contributed by atoms with Crippen molar-refractivity contribution in [3.05, 3.63) is 0 Å². The SMILES string of the molecule is C[SiH2]NC(=O)O. The molecular weight excluding hydrogens is 98.1 g/mol. The predicted molar refractivity (Wildman–Crippen MR) is 25.6 cm³/mol. The van der Waals surface area contributed by atoms with Crippen LogP contribution in [-0.4, -0.2) is 20.9 Å². The summed E-state index contributed by atoms with van der Waals surface area (Å²) in [5.74, 6) is 0. The number of carboxylic acid groups (broad SMARTS) is 1. The third-order valence-corrected chi connectivity index (χ3v) is 0.984. The third kappa shape index (κ3) is 3.49. The first-order chi connectivity index (χ1) is 2.77. The van der Waals surface area contributed by atoms with Gasteiger partial charge in [-0.15, -0.1) is 0 Å². The van der Waals surface area contributed by atoms with Crippen molar-refractivity contribution in [2.75, 3.05) is 0 Å². The maximum atomic E-state index is 9.52. The number of nitrogens with one attached hydrogen (secondary N) is 1. The van der Waals surface area contributed by atoms with Gasteiger partial charge < -0.3 is 10.1 Å². The number of amides is 1. The second-order valence-corrected chi connectivity index (χ2v) is 1.90. The Morgan fingerprint density at radius 2 is 2.50 bits per heavy atom. The van der Waals surface area contributed by atoms with Gasteiger partial charge in [-0.25, -0.2) is 4.79 Å². The number of hydrogen-bond donors (Lipinski definition) is 2. The molecule has 0 saturated carbocycles. The summed E-state index contributed by atoms with van der Waals surface area (Å²) in [7, 11) is -0.483. The topological polar surface area (TPSA) is 49.3 Å². The van der Waals surface area contributed by atoms with Gasteiger partial charge in [-0.3, -0.25) is 0 Å². The Morgan fingerprint density at radius 3 is 2.50 bits per heavy atom. The smallest absolute Gasteiger partial charge is 0.396 e. The Hall–Kier alpha value is -0.513. The van der Waals surface area contributed by atoms with Gasteiger partial charge in [-0.1, -0.05) is 6.55 Å². The van der Waals surface area contributed by atoms with E-state index in [0.29, 0.717) is 0 Å². The summed E-state index contributed by atoms with van der Waals surface area (Å²) in [6.07, 6.45) is -0.899. The van der Waals surface area contributed by atoms with Crippen LogP contribution in [-0.2, 0) is 0 Å². The molecule has 0 aliphatic carbocycles. The fourth-order valence-corrected chi connectivity index (χ4v) is 0.454. The van der Waals surface area contributed by atoms with Crippen LogP contribution < -0.4 is 4.98 Å². The summed E-state index contributed by atoms with van der Waals surface area (Å²) >= 11 is 0. The van der Waals surface area contributed by atoms with Crippen LogP contribution in [0, 0.1) is 0 Å². The zero-order valence-electron chi connectivity index (χ0n) is 3.56. The van der Waals surface area contributed by atoms with Crippen LogP contribution in [0.15, 0.2) is 0 Å². The van der Waals surface area contributed by atoms with Gasteiger partial charge in [0.25, 0.3) is 0 Å². The summed E-state index contributed by atoms with van der Waals surface area (Å²) in [5, 5.41) is 7.84. The molecule has 0 radical (unpaired) electrons. The van der Waals surface area contributed by atoms with E-state index in [0.717, 1.165) is 0 Å². The maximum absolute atomic E-state index is 9.52. The van der Waals surface area contributed by atoms with Crippen LogP contribution in [0.1, 0.15) is 0 Å². The van der Waals surface area contributed by atoms with Crippen molar-refractivity contribution in [3.63, 3.8) is 0 Å². The molecule has 0 aromatic rings. The van der Waals surface area contributed by atoms with Crippen molar-refractivity contribution in [2.24, 2.45) is 0 Å². The summed E-state index contributed by atoms with van der Waals surface area (Å²) in [6, 6.07) is 0. The first kappa shape index (κ1) is 5.49. The Morgan fingerprint density at radius 1 is 2.00 bits per heavy atom. The fourth-order valence-electron chi connectivity index (χ4n) is 0.151. The van der Waals surface area contributed by atoms with Gasteiger partial charge in [0.2, 0.25) is 0 Å². The molecular formula is C2H7NO2Si. The Kier molecular flexibility index (Phi) is 2.48. The third-order valence-electron chi connectivity index (χ3n) is 0.328. The van der Waals surface area contributed by atoms with Crippen LogP contribution in [0.3, 0.4) is 0 Å². The molecule has 0 atom stereocenters. The van der Waals surface area contributed by atoms with E-state index < -0.39 is 15.8 Å². The predicted octanol–water partition coefficient (Wildman–Crippen LogP) is -0.614. The summed E-state index contributed by atoms with van der Waals surface area (Å²) in [5.41, 5.74) is 0. The molecule has 0 unspecified atom stereocenters. The lowest BCUT2D eigenvalue weighted by Gasteiger charge is -1.86. The molecule has 36 valence electrons. The molecule has 1 amide bonds. The van der Waals surface area contributed by atoms with Crippen molar-refractivity contribution in [1.82, 2.24) is 4.98 Å². The van der Waals surface area contributed by atoms with Crippen LogP contribution >= 0.6 is 0 Å². The largest absolute Gasteiger partial charge is 0.466 e. The highest BCUT2D eigenvalue weighted by Crippen LogP contribution is 1.52. The minimum atomic E-state index is -0.899. The molecule has 0 aliphatic heterocycles. The van der Waals surface area contributed by atoms with Gasteiger partial charge in [0.15, 0.2) is 0 Å². The molecule has 0 rings (SSSR count). The van der Waals surface area contributed by atoms with Crippen LogP contribution in [0.4, 0.5) is 4.79 Å². The van der Waals surface area contributed by atoms with E-state index in [2.05, 4.69) is 4.98 Å². The normalized spacial score (nSPS) is 9.50. The fraction of sp³-hybridized carbons (Fsp3) is 0.500. The van der Waals surface area contributed by atoms with Crippen molar-refractivity contribution in [1.29, 1.82) is 0 Å². The molecule has 0 bridgehead atoms. The van der Waals surface area contributed by atoms with E-state index in [1.807, 2.05) is 6.55 Å². The molecule has 6 heavy (non-hydrogen) atoms. The molecule has 0 aliphatic rings. The Bertz CT molecular complexity index is 55.5. The first-order valence-electron chi connectivity index (χ1n) is 1.74. The standard InChI is InChI=1S/C2H7NO2Si/c1-6-3-2(4)5/h3H,6H2,1H3,(H,4,5). The second-order valence-electron chi connectivity index (χ2n) is 0.835. The second kappa shape index (κ2) is 2.71. The van der Waals surface area contributed by atoms with Gasteiger partial charge in [0, 0.05) is 0 Å². The van der Waals surface area contributed by atoms with Crippen LogP contribution in [0.5, 0.6) is 0 Å². The van der Waals surface area contributed by atoms with E-state index >= 15 is 0 Å². The van der Waals surface area contributed by atoms with Crippen molar-refractivity contribution in [2.45, 2.75) is 6.55 Å². The van der Waals surface area contributed by atoms with Gasteiger partial charge >= 0.3 is 6.09 Å². The number of rotatable bonds is 1. The van der Waals surface area contributed by atoms with Crippen LogP contribution in [0.25, 0.3) is 0 Å².